The maximum absolute atomic E-state index is 11.5. The smallest absolute Gasteiger partial charge is 0.330 e. The van der Waals surface area contributed by atoms with E-state index in [4.69, 9.17) is 9.47 Å². The van der Waals surface area contributed by atoms with Gasteiger partial charge in [0.25, 0.3) is 5.69 Å². The third kappa shape index (κ3) is 4.19. The average Bonchev–Trinajstić information content (AvgIpc) is 2.60. The standard InChI is InChI=1S/C18H17NO5/c1-3-24-18(20)11-6-14-12-15(19(21)22)7-10-17(14)13-4-8-16(23-2)9-5-13/h4-12H,3H2,1-2H3/b11-6+. The van der Waals surface area contributed by atoms with Gasteiger partial charge in [-0.25, -0.2) is 4.79 Å². The van der Waals surface area contributed by atoms with Crippen LogP contribution in [0, 0.1) is 10.1 Å². The number of hydrogen-bond donors (Lipinski definition) is 0. The lowest BCUT2D eigenvalue weighted by molar-refractivity contribution is -0.384. The van der Waals surface area contributed by atoms with Crippen molar-refractivity contribution in [1.82, 2.24) is 0 Å². The number of carbonyl (C=O) groups is 1. The van der Waals surface area contributed by atoms with Crippen LogP contribution in [-0.2, 0) is 9.53 Å². The number of benzene rings is 2. The van der Waals surface area contributed by atoms with Crippen molar-refractivity contribution < 1.29 is 19.2 Å². The van der Waals surface area contributed by atoms with Gasteiger partial charge in [0.05, 0.1) is 18.6 Å². The third-order valence-corrected chi connectivity index (χ3v) is 3.33. The predicted octanol–water partition coefficient (Wildman–Crippen LogP) is 3.85. The highest BCUT2D eigenvalue weighted by atomic mass is 16.6. The second-order valence-corrected chi connectivity index (χ2v) is 4.84. The van der Waals surface area contributed by atoms with E-state index < -0.39 is 10.9 Å². The van der Waals surface area contributed by atoms with E-state index in [1.165, 1.54) is 24.3 Å². The Morgan fingerprint density at radius 1 is 1.21 bits per heavy atom. The van der Waals surface area contributed by atoms with Crippen LogP contribution in [0.1, 0.15) is 12.5 Å². The van der Waals surface area contributed by atoms with E-state index >= 15 is 0 Å². The lowest BCUT2D eigenvalue weighted by Gasteiger charge is -2.08. The molecule has 24 heavy (non-hydrogen) atoms. The molecule has 6 heteroatoms. The first-order valence-electron chi connectivity index (χ1n) is 7.33. The minimum Gasteiger partial charge on any atom is -0.497 e. The van der Waals surface area contributed by atoms with Crippen LogP contribution in [0.15, 0.2) is 48.5 Å². The normalized spacial score (nSPS) is 10.6. The van der Waals surface area contributed by atoms with Gasteiger partial charge in [-0.3, -0.25) is 10.1 Å². The summed E-state index contributed by atoms with van der Waals surface area (Å²) in [6.45, 7) is 1.98. The van der Waals surface area contributed by atoms with Gasteiger partial charge in [0, 0.05) is 18.2 Å². The fraction of sp³-hybridized carbons (Fsp3) is 0.167. The Morgan fingerprint density at radius 3 is 2.50 bits per heavy atom. The number of rotatable bonds is 6. The SMILES string of the molecule is CCOC(=O)/C=C/c1cc([N+](=O)[O-])ccc1-c1ccc(OC)cc1. The molecule has 124 valence electrons. The van der Waals surface area contributed by atoms with Gasteiger partial charge >= 0.3 is 5.97 Å². The van der Waals surface area contributed by atoms with E-state index in [1.807, 2.05) is 12.1 Å². The monoisotopic (exact) mass is 327 g/mol. The van der Waals surface area contributed by atoms with Gasteiger partial charge in [0.1, 0.15) is 5.75 Å². The fourth-order valence-electron chi connectivity index (χ4n) is 2.18. The number of methoxy groups -OCH3 is 1. The molecule has 0 N–H and O–H groups in total. The van der Waals surface area contributed by atoms with Crippen LogP contribution >= 0.6 is 0 Å². The summed E-state index contributed by atoms with van der Waals surface area (Å²) in [5, 5.41) is 11.0. The molecule has 0 saturated heterocycles. The molecule has 0 saturated carbocycles. The first-order valence-corrected chi connectivity index (χ1v) is 7.33. The summed E-state index contributed by atoms with van der Waals surface area (Å²) in [7, 11) is 1.58. The topological polar surface area (TPSA) is 78.7 Å². The molecule has 6 nitrogen and oxygen atoms in total. The summed E-state index contributed by atoms with van der Waals surface area (Å²) in [4.78, 5) is 22.0. The van der Waals surface area contributed by atoms with Crippen molar-refractivity contribution in [1.29, 1.82) is 0 Å². The third-order valence-electron chi connectivity index (χ3n) is 3.33. The van der Waals surface area contributed by atoms with Gasteiger partial charge in [0.2, 0.25) is 0 Å². The molecule has 2 aromatic rings. The molecule has 2 aromatic carbocycles. The summed E-state index contributed by atoms with van der Waals surface area (Å²) in [6, 6.07) is 11.8. The number of carbonyl (C=O) groups excluding carboxylic acids is 1. The van der Waals surface area contributed by atoms with Crippen LogP contribution in [0.5, 0.6) is 5.75 Å². The Bertz CT molecular complexity index is 765. The Labute approximate surface area is 139 Å². The maximum atomic E-state index is 11.5. The highest BCUT2D eigenvalue weighted by molar-refractivity contribution is 5.89. The molecule has 0 amide bonds. The van der Waals surface area contributed by atoms with E-state index in [2.05, 4.69) is 0 Å². The van der Waals surface area contributed by atoms with Crippen LogP contribution in [-0.4, -0.2) is 24.6 Å². The van der Waals surface area contributed by atoms with Gasteiger partial charge in [-0.15, -0.1) is 0 Å². The van der Waals surface area contributed by atoms with Gasteiger partial charge in [0.15, 0.2) is 0 Å². The van der Waals surface area contributed by atoms with Crippen molar-refractivity contribution in [2.45, 2.75) is 6.92 Å². The molecule has 0 aliphatic carbocycles. The van der Waals surface area contributed by atoms with Crippen molar-refractivity contribution in [3.63, 3.8) is 0 Å². The summed E-state index contributed by atoms with van der Waals surface area (Å²) in [5.41, 5.74) is 2.14. The molecule has 0 aliphatic heterocycles. The molecule has 0 atom stereocenters. The fourth-order valence-corrected chi connectivity index (χ4v) is 2.18. The summed E-state index contributed by atoms with van der Waals surface area (Å²) >= 11 is 0. The molecule has 0 spiro atoms. The van der Waals surface area contributed by atoms with Crippen LogP contribution < -0.4 is 4.74 Å². The number of esters is 1. The molecular weight excluding hydrogens is 310 g/mol. The van der Waals surface area contributed by atoms with Crippen molar-refractivity contribution in [2.24, 2.45) is 0 Å². The number of nitro groups is 1. The molecule has 0 aromatic heterocycles. The molecule has 0 radical (unpaired) electrons. The van der Waals surface area contributed by atoms with Crippen molar-refractivity contribution in [3.05, 3.63) is 64.2 Å². The molecule has 0 aliphatic rings. The van der Waals surface area contributed by atoms with Gasteiger partial charge in [-0.1, -0.05) is 12.1 Å². The number of non-ortho nitro benzene ring substituents is 1. The highest BCUT2D eigenvalue weighted by Gasteiger charge is 2.11. The van der Waals surface area contributed by atoms with E-state index in [0.29, 0.717) is 11.3 Å². The van der Waals surface area contributed by atoms with E-state index in [0.717, 1.165) is 11.1 Å². The van der Waals surface area contributed by atoms with Crippen LogP contribution in [0.2, 0.25) is 0 Å². The number of ether oxygens (including phenoxy) is 2. The van der Waals surface area contributed by atoms with Crippen LogP contribution in [0.4, 0.5) is 5.69 Å². The minimum absolute atomic E-state index is 0.0456. The lowest BCUT2D eigenvalue weighted by atomic mass is 9.98. The van der Waals surface area contributed by atoms with Gasteiger partial charge in [-0.2, -0.15) is 0 Å². The zero-order valence-electron chi connectivity index (χ0n) is 13.4. The summed E-state index contributed by atoms with van der Waals surface area (Å²) in [5.74, 6) is 0.217. The highest BCUT2D eigenvalue weighted by Crippen LogP contribution is 2.29. The van der Waals surface area contributed by atoms with Crippen LogP contribution in [0.25, 0.3) is 17.2 Å². The Balaban J connectivity index is 2.45. The Morgan fingerprint density at radius 2 is 1.92 bits per heavy atom. The summed E-state index contributed by atoms with van der Waals surface area (Å²) in [6.07, 6.45) is 2.78. The largest absolute Gasteiger partial charge is 0.497 e. The second kappa shape index (κ2) is 7.92. The van der Waals surface area contributed by atoms with E-state index in [1.54, 1.807) is 32.2 Å². The molecule has 0 heterocycles. The van der Waals surface area contributed by atoms with Crippen molar-refractivity contribution >= 4 is 17.7 Å². The first-order chi connectivity index (χ1) is 11.5. The molecular formula is C18H17NO5. The Hall–Kier alpha value is -3.15. The number of nitro benzene ring substituents is 1. The number of nitrogens with zero attached hydrogens (tertiary/aromatic N) is 1. The Kier molecular flexibility index (Phi) is 5.68. The zero-order chi connectivity index (χ0) is 17.5. The van der Waals surface area contributed by atoms with E-state index in [-0.39, 0.29) is 12.3 Å². The quantitative estimate of drug-likeness (QED) is 0.348. The average molecular weight is 327 g/mol. The molecule has 2 rings (SSSR count). The lowest BCUT2D eigenvalue weighted by Crippen LogP contribution is -1.99. The van der Waals surface area contributed by atoms with Crippen LogP contribution in [0.3, 0.4) is 0 Å². The summed E-state index contributed by atoms with van der Waals surface area (Å²) < 4.78 is 9.97. The zero-order valence-corrected chi connectivity index (χ0v) is 13.4. The van der Waals surface area contributed by atoms with Crippen molar-refractivity contribution in [2.75, 3.05) is 13.7 Å². The first kappa shape index (κ1) is 17.2. The van der Waals surface area contributed by atoms with Crippen molar-refractivity contribution in [3.8, 4) is 16.9 Å². The molecule has 0 bridgehead atoms. The molecule has 0 unspecified atom stereocenters. The second-order valence-electron chi connectivity index (χ2n) is 4.84. The predicted molar refractivity (Wildman–Crippen MR) is 90.8 cm³/mol. The number of hydrogen-bond acceptors (Lipinski definition) is 5. The minimum atomic E-state index is -0.496. The van der Waals surface area contributed by atoms with Gasteiger partial charge < -0.3 is 9.47 Å². The maximum Gasteiger partial charge on any atom is 0.330 e. The molecule has 0 fully saturated rings. The van der Waals surface area contributed by atoms with Gasteiger partial charge in [-0.05, 0) is 47.9 Å². The van der Waals surface area contributed by atoms with E-state index in [9.17, 15) is 14.9 Å².